The van der Waals surface area contributed by atoms with E-state index in [1.54, 1.807) is 23.0 Å². The molecule has 26 heavy (non-hydrogen) atoms. The van der Waals surface area contributed by atoms with Crippen molar-refractivity contribution >= 4 is 11.7 Å². The van der Waals surface area contributed by atoms with Crippen LogP contribution in [0.2, 0.25) is 0 Å². The van der Waals surface area contributed by atoms with E-state index in [0.29, 0.717) is 30.5 Å². The van der Waals surface area contributed by atoms with Crippen molar-refractivity contribution in [3.8, 4) is 0 Å². The second-order valence-corrected chi connectivity index (χ2v) is 6.55. The van der Waals surface area contributed by atoms with Crippen molar-refractivity contribution in [2.24, 2.45) is 5.73 Å². The maximum Gasteiger partial charge on any atom is 0.293 e. The van der Waals surface area contributed by atoms with Gasteiger partial charge in [0.25, 0.3) is 5.56 Å². The number of hydrogen-bond acceptors (Lipinski definition) is 5. The van der Waals surface area contributed by atoms with Gasteiger partial charge >= 0.3 is 0 Å². The van der Waals surface area contributed by atoms with E-state index in [1.807, 2.05) is 25.1 Å². The highest BCUT2D eigenvalue weighted by Crippen LogP contribution is 2.15. The van der Waals surface area contributed by atoms with Gasteiger partial charge in [-0.1, -0.05) is 12.1 Å². The van der Waals surface area contributed by atoms with Gasteiger partial charge in [0.2, 0.25) is 5.91 Å². The van der Waals surface area contributed by atoms with Gasteiger partial charge in [-0.3, -0.25) is 9.59 Å². The average Bonchev–Trinajstić information content (AvgIpc) is 2.67. The second-order valence-electron chi connectivity index (χ2n) is 6.55. The molecular formula is C19H25N5O2. The Hall–Kier alpha value is -2.67. The summed E-state index contributed by atoms with van der Waals surface area (Å²) in [6.07, 6.45) is 5.30. The average molecular weight is 355 g/mol. The number of rotatable bonds is 6. The Balaban J connectivity index is 1.55. The topological polar surface area (TPSA) is 93.2 Å². The quantitative estimate of drug-likeness (QED) is 0.810. The molecule has 1 aromatic heterocycles. The molecule has 3 rings (SSSR count). The Kier molecular flexibility index (Phi) is 5.68. The lowest BCUT2D eigenvalue weighted by Crippen LogP contribution is -2.44. The fourth-order valence-electron chi connectivity index (χ4n) is 3.29. The zero-order valence-corrected chi connectivity index (χ0v) is 15.0. The van der Waals surface area contributed by atoms with Crippen molar-refractivity contribution in [2.75, 3.05) is 18.0 Å². The minimum atomic E-state index is -0.409. The molecule has 1 saturated heterocycles. The van der Waals surface area contributed by atoms with Crippen LogP contribution in [0.25, 0.3) is 0 Å². The van der Waals surface area contributed by atoms with Gasteiger partial charge < -0.3 is 20.5 Å². The number of benzene rings is 1. The number of nitrogens with zero attached hydrogens (tertiary/aromatic N) is 3. The number of primary amides is 1. The monoisotopic (exact) mass is 355 g/mol. The van der Waals surface area contributed by atoms with Gasteiger partial charge in [0, 0.05) is 50.2 Å². The van der Waals surface area contributed by atoms with Gasteiger partial charge in [0.1, 0.15) is 0 Å². The molecule has 2 heterocycles. The predicted molar refractivity (Wildman–Crippen MR) is 101 cm³/mol. The maximum absolute atomic E-state index is 12.4. The number of piperidine rings is 1. The SMILES string of the molecule is CCn1ccnc(N2CCC(NCc3cccc(C(N)=O)c3)CC2)c1=O. The third kappa shape index (κ3) is 4.11. The molecule has 0 radical (unpaired) electrons. The molecule has 0 bridgehead atoms. The summed E-state index contributed by atoms with van der Waals surface area (Å²) in [4.78, 5) is 30.0. The number of nitrogens with two attached hydrogens (primary N) is 1. The molecule has 0 unspecified atom stereocenters. The Morgan fingerprint density at radius 1 is 1.35 bits per heavy atom. The van der Waals surface area contributed by atoms with Crippen LogP contribution in [0.15, 0.2) is 41.5 Å². The fourth-order valence-corrected chi connectivity index (χ4v) is 3.29. The summed E-state index contributed by atoms with van der Waals surface area (Å²) < 4.78 is 1.68. The summed E-state index contributed by atoms with van der Waals surface area (Å²) in [5.74, 6) is 0.134. The van der Waals surface area contributed by atoms with Crippen LogP contribution in [-0.2, 0) is 13.1 Å². The molecule has 1 aromatic carbocycles. The minimum absolute atomic E-state index is 0.0234. The standard InChI is InChI=1S/C19H25N5O2/c1-2-23-11-8-21-18(19(23)26)24-9-6-16(7-10-24)22-13-14-4-3-5-15(12-14)17(20)25/h3-5,8,11-12,16,22H,2,6-7,9-10,13H2,1H3,(H2,20,25). The summed E-state index contributed by atoms with van der Waals surface area (Å²) in [6, 6.07) is 7.75. The molecule has 1 aliphatic rings. The van der Waals surface area contributed by atoms with Crippen molar-refractivity contribution in [2.45, 2.75) is 38.9 Å². The van der Waals surface area contributed by atoms with Gasteiger partial charge in [0.15, 0.2) is 5.82 Å². The highest BCUT2D eigenvalue weighted by molar-refractivity contribution is 5.92. The molecule has 3 N–H and O–H groups in total. The molecule has 138 valence electrons. The molecule has 1 fully saturated rings. The predicted octanol–water partition coefficient (Wildman–Crippen LogP) is 1.12. The number of aromatic nitrogens is 2. The van der Waals surface area contributed by atoms with Gasteiger partial charge in [-0.25, -0.2) is 4.98 Å². The third-order valence-electron chi connectivity index (χ3n) is 4.84. The molecule has 0 atom stereocenters. The molecular weight excluding hydrogens is 330 g/mol. The number of anilines is 1. The first kappa shape index (κ1) is 18.1. The van der Waals surface area contributed by atoms with E-state index in [0.717, 1.165) is 31.5 Å². The van der Waals surface area contributed by atoms with Crippen LogP contribution >= 0.6 is 0 Å². The number of nitrogens with one attached hydrogen (secondary N) is 1. The van der Waals surface area contributed by atoms with Crippen LogP contribution in [0, 0.1) is 0 Å². The number of carbonyl (C=O) groups is 1. The molecule has 0 saturated carbocycles. The van der Waals surface area contributed by atoms with Crippen LogP contribution in [0.4, 0.5) is 5.82 Å². The summed E-state index contributed by atoms with van der Waals surface area (Å²) in [6.45, 7) is 4.90. The summed E-state index contributed by atoms with van der Waals surface area (Å²) in [5.41, 5.74) is 6.87. The van der Waals surface area contributed by atoms with E-state index in [1.165, 1.54) is 0 Å². The van der Waals surface area contributed by atoms with E-state index < -0.39 is 5.91 Å². The largest absolute Gasteiger partial charge is 0.366 e. The number of aryl methyl sites for hydroxylation is 1. The van der Waals surface area contributed by atoms with Gasteiger partial charge in [-0.2, -0.15) is 0 Å². The van der Waals surface area contributed by atoms with Crippen molar-refractivity contribution < 1.29 is 4.79 Å². The summed E-state index contributed by atoms with van der Waals surface area (Å²) in [5, 5.41) is 3.53. The van der Waals surface area contributed by atoms with Crippen LogP contribution in [0.5, 0.6) is 0 Å². The van der Waals surface area contributed by atoms with Gasteiger partial charge in [-0.15, -0.1) is 0 Å². The number of hydrogen-bond donors (Lipinski definition) is 2. The minimum Gasteiger partial charge on any atom is -0.366 e. The highest BCUT2D eigenvalue weighted by atomic mass is 16.1. The number of amides is 1. The zero-order valence-electron chi connectivity index (χ0n) is 15.0. The first-order valence-corrected chi connectivity index (χ1v) is 9.01. The van der Waals surface area contributed by atoms with Crippen molar-refractivity contribution in [3.05, 3.63) is 58.1 Å². The van der Waals surface area contributed by atoms with Crippen LogP contribution < -0.4 is 21.5 Å². The molecule has 0 spiro atoms. The molecule has 2 aromatic rings. The Morgan fingerprint density at radius 2 is 2.12 bits per heavy atom. The van der Waals surface area contributed by atoms with Crippen molar-refractivity contribution in [1.29, 1.82) is 0 Å². The fraction of sp³-hybridized carbons (Fsp3) is 0.421. The lowest BCUT2D eigenvalue weighted by Gasteiger charge is -2.33. The van der Waals surface area contributed by atoms with Crippen LogP contribution in [-0.4, -0.2) is 34.6 Å². The van der Waals surface area contributed by atoms with E-state index in [4.69, 9.17) is 5.73 Å². The van der Waals surface area contributed by atoms with Crippen molar-refractivity contribution in [1.82, 2.24) is 14.9 Å². The van der Waals surface area contributed by atoms with E-state index >= 15 is 0 Å². The van der Waals surface area contributed by atoms with Crippen LogP contribution in [0.1, 0.15) is 35.7 Å². The van der Waals surface area contributed by atoms with Crippen LogP contribution in [0.3, 0.4) is 0 Å². The lowest BCUT2D eigenvalue weighted by molar-refractivity contribution is 0.1000. The van der Waals surface area contributed by atoms with E-state index in [-0.39, 0.29) is 5.56 Å². The Morgan fingerprint density at radius 3 is 2.81 bits per heavy atom. The smallest absolute Gasteiger partial charge is 0.293 e. The molecule has 1 amide bonds. The Bertz CT molecular complexity index is 825. The first-order chi connectivity index (χ1) is 12.6. The van der Waals surface area contributed by atoms with Gasteiger partial charge in [0.05, 0.1) is 0 Å². The lowest BCUT2D eigenvalue weighted by atomic mass is 10.0. The maximum atomic E-state index is 12.4. The highest BCUT2D eigenvalue weighted by Gasteiger charge is 2.22. The van der Waals surface area contributed by atoms with E-state index in [2.05, 4.69) is 15.2 Å². The number of carbonyl (C=O) groups excluding carboxylic acids is 1. The molecule has 7 heteroatoms. The first-order valence-electron chi connectivity index (χ1n) is 9.01. The normalized spacial score (nSPS) is 15.2. The summed E-state index contributed by atoms with van der Waals surface area (Å²) >= 11 is 0. The van der Waals surface area contributed by atoms with Crippen molar-refractivity contribution in [3.63, 3.8) is 0 Å². The van der Waals surface area contributed by atoms with Gasteiger partial charge in [-0.05, 0) is 37.5 Å². The summed E-state index contributed by atoms with van der Waals surface area (Å²) in [7, 11) is 0. The molecule has 7 nitrogen and oxygen atoms in total. The molecule has 0 aliphatic carbocycles. The molecule has 1 aliphatic heterocycles. The Labute approximate surface area is 152 Å². The second kappa shape index (κ2) is 8.14. The third-order valence-corrected chi connectivity index (χ3v) is 4.84. The van der Waals surface area contributed by atoms with E-state index in [9.17, 15) is 9.59 Å². The zero-order chi connectivity index (χ0) is 18.5.